The Bertz CT molecular complexity index is 783. The molecule has 0 unspecified atom stereocenters. The van der Waals surface area contributed by atoms with E-state index in [-0.39, 0.29) is 12.3 Å². The molecule has 0 radical (unpaired) electrons. The highest BCUT2D eigenvalue weighted by Gasteiger charge is 2.12. The highest BCUT2D eigenvalue weighted by molar-refractivity contribution is 7.08. The summed E-state index contributed by atoms with van der Waals surface area (Å²) in [5.41, 5.74) is 1.83. The summed E-state index contributed by atoms with van der Waals surface area (Å²) in [5, 5.41) is 14.5. The van der Waals surface area contributed by atoms with Crippen molar-refractivity contribution in [2.24, 2.45) is 0 Å². The van der Waals surface area contributed by atoms with Crippen molar-refractivity contribution >= 4 is 17.2 Å². The molecule has 1 amide bonds. The van der Waals surface area contributed by atoms with Crippen molar-refractivity contribution in [3.63, 3.8) is 0 Å². The van der Waals surface area contributed by atoms with Crippen LogP contribution in [0.3, 0.4) is 0 Å². The van der Waals surface area contributed by atoms with Gasteiger partial charge in [-0.1, -0.05) is 12.1 Å². The van der Waals surface area contributed by atoms with E-state index in [1.165, 1.54) is 0 Å². The first kappa shape index (κ1) is 15.2. The van der Waals surface area contributed by atoms with E-state index in [0.29, 0.717) is 18.3 Å². The molecule has 0 aliphatic rings. The Labute approximate surface area is 137 Å². The van der Waals surface area contributed by atoms with Gasteiger partial charge in [0.25, 0.3) is 0 Å². The van der Waals surface area contributed by atoms with Gasteiger partial charge in [0, 0.05) is 17.5 Å². The standard InChI is InChI=1S/C16H15N3O3S/c1-21-13-4-2-3-11(7-13)9-17-14(20)8-15-18-19-16(22-15)12-5-6-23-10-12/h2-7,10H,8-9H2,1H3,(H,17,20). The first-order valence-electron chi connectivity index (χ1n) is 6.99. The predicted molar refractivity (Wildman–Crippen MR) is 86.2 cm³/mol. The number of hydrogen-bond acceptors (Lipinski definition) is 6. The van der Waals surface area contributed by atoms with Crippen molar-refractivity contribution in [3.8, 4) is 17.2 Å². The molecule has 0 spiro atoms. The normalized spacial score (nSPS) is 10.5. The van der Waals surface area contributed by atoms with Gasteiger partial charge in [-0.2, -0.15) is 11.3 Å². The molecule has 118 valence electrons. The Morgan fingerprint density at radius 2 is 2.26 bits per heavy atom. The Hall–Kier alpha value is -2.67. The zero-order valence-corrected chi connectivity index (χ0v) is 13.3. The predicted octanol–water partition coefficient (Wildman–Crippen LogP) is 2.67. The SMILES string of the molecule is COc1cccc(CNC(=O)Cc2nnc(-c3ccsc3)o2)c1. The lowest BCUT2D eigenvalue weighted by atomic mass is 10.2. The number of methoxy groups -OCH3 is 1. The van der Waals surface area contributed by atoms with Crippen LogP contribution in [-0.2, 0) is 17.8 Å². The van der Waals surface area contributed by atoms with Crippen LogP contribution in [0.15, 0.2) is 45.5 Å². The Kier molecular flexibility index (Phi) is 4.68. The minimum Gasteiger partial charge on any atom is -0.497 e. The maximum absolute atomic E-state index is 12.0. The zero-order chi connectivity index (χ0) is 16.1. The van der Waals surface area contributed by atoms with Gasteiger partial charge in [-0.05, 0) is 29.1 Å². The summed E-state index contributed by atoms with van der Waals surface area (Å²) in [5.74, 6) is 1.32. The van der Waals surface area contributed by atoms with E-state index in [1.54, 1.807) is 18.4 Å². The lowest BCUT2D eigenvalue weighted by Crippen LogP contribution is -2.24. The second-order valence-electron chi connectivity index (χ2n) is 4.82. The molecule has 2 heterocycles. The number of hydrogen-bond donors (Lipinski definition) is 1. The monoisotopic (exact) mass is 329 g/mol. The molecule has 1 N–H and O–H groups in total. The van der Waals surface area contributed by atoms with Gasteiger partial charge in [0.1, 0.15) is 12.2 Å². The number of amides is 1. The van der Waals surface area contributed by atoms with Crippen LogP contribution in [0.2, 0.25) is 0 Å². The number of carbonyl (C=O) groups is 1. The van der Waals surface area contributed by atoms with Crippen LogP contribution in [0.25, 0.3) is 11.5 Å². The van der Waals surface area contributed by atoms with Gasteiger partial charge in [0.05, 0.1) is 7.11 Å². The van der Waals surface area contributed by atoms with Crippen LogP contribution >= 0.6 is 11.3 Å². The van der Waals surface area contributed by atoms with Gasteiger partial charge in [0.15, 0.2) is 0 Å². The first-order valence-corrected chi connectivity index (χ1v) is 7.93. The quantitative estimate of drug-likeness (QED) is 0.752. The first-order chi connectivity index (χ1) is 11.2. The number of rotatable bonds is 6. The Morgan fingerprint density at radius 1 is 1.35 bits per heavy atom. The third kappa shape index (κ3) is 3.95. The van der Waals surface area contributed by atoms with Crippen molar-refractivity contribution < 1.29 is 13.9 Å². The second kappa shape index (κ2) is 7.06. The molecule has 0 saturated carbocycles. The minimum absolute atomic E-state index is 0.0567. The molecule has 0 saturated heterocycles. The van der Waals surface area contributed by atoms with Gasteiger partial charge in [0.2, 0.25) is 17.7 Å². The van der Waals surface area contributed by atoms with E-state index in [4.69, 9.17) is 9.15 Å². The highest BCUT2D eigenvalue weighted by atomic mass is 32.1. The summed E-state index contributed by atoms with van der Waals surface area (Å²) < 4.78 is 10.6. The molecule has 0 fully saturated rings. The van der Waals surface area contributed by atoms with E-state index in [0.717, 1.165) is 16.9 Å². The van der Waals surface area contributed by atoms with Gasteiger partial charge in [-0.15, -0.1) is 10.2 Å². The van der Waals surface area contributed by atoms with Crippen LogP contribution in [-0.4, -0.2) is 23.2 Å². The minimum atomic E-state index is -0.173. The van der Waals surface area contributed by atoms with E-state index in [2.05, 4.69) is 15.5 Å². The fourth-order valence-electron chi connectivity index (χ4n) is 2.01. The smallest absolute Gasteiger partial charge is 0.248 e. The van der Waals surface area contributed by atoms with Crippen molar-refractivity contribution in [1.29, 1.82) is 0 Å². The third-order valence-corrected chi connectivity index (χ3v) is 3.85. The van der Waals surface area contributed by atoms with Gasteiger partial charge < -0.3 is 14.5 Å². The average Bonchev–Trinajstić information content (AvgIpc) is 3.24. The number of thiophene rings is 1. The molecule has 3 rings (SSSR count). The molecule has 0 bridgehead atoms. The van der Waals surface area contributed by atoms with Crippen molar-refractivity contribution in [1.82, 2.24) is 15.5 Å². The van der Waals surface area contributed by atoms with Gasteiger partial charge in [-0.3, -0.25) is 4.79 Å². The topological polar surface area (TPSA) is 77.2 Å². The number of carbonyl (C=O) groups excluding carboxylic acids is 1. The average molecular weight is 329 g/mol. The summed E-state index contributed by atoms with van der Waals surface area (Å²) in [6, 6.07) is 9.43. The molecule has 7 heteroatoms. The second-order valence-corrected chi connectivity index (χ2v) is 5.60. The summed E-state index contributed by atoms with van der Waals surface area (Å²) in [6.45, 7) is 0.418. The van der Waals surface area contributed by atoms with Crippen LogP contribution in [0, 0.1) is 0 Å². The largest absolute Gasteiger partial charge is 0.497 e. The van der Waals surface area contributed by atoms with Gasteiger partial charge >= 0.3 is 0 Å². The third-order valence-electron chi connectivity index (χ3n) is 3.17. The molecule has 0 aliphatic carbocycles. The molecule has 6 nitrogen and oxygen atoms in total. The molecule has 0 aliphatic heterocycles. The molecular weight excluding hydrogens is 314 g/mol. The van der Waals surface area contributed by atoms with Crippen LogP contribution < -0.4 is 10.1 Å². The zero-order valence-electron chi connectivity index (χ0n) is 12.5. The Morgan fingerprint density at radius 3 is 3.04 bits per heavy atom. The lowest BCUT2D eigenvalue weighted by Gasteiger charge is -2.05. The van der Waals surface area contributed by atoms with E-state index >= 15 is 0 Å². The van der Waals surface area contributed by atoms with Crippen LogP contribution in [0.4, 0.5) is 0 Å². The molecule has 2 aromatic heterocycles. The Balaban J connectivity index is 1.55. The lowest BCUT2D eigenvalue weighted by molar-refractivity contribution is -0.120. The molecule has 3 aromatic rings. The number of nitrogens with zero attached hydrogens (tertiary/aromatic N) is 2. The molecular formula is C16H15N3O3S. The summed E-state index contributed by atoms with van der Waals surface area (Å²) in [4.78, 5) is 12.0. The summed E-state index contributed by atoms with van der Waals surface area (Å²) in [6.07, 6.45) is 0.0567. The van der Waals surface area contributed by atoms with Crippen LogP contribution in [0.1, 0.15) is 11.5 Å². The molecule has 1 aromatic carbocycles. The van der Waals surface area contributed by atoms with E-state index in [1.807, 2.05) is 41.1 Å². The highest BCUT2D eigenvalue weighted by Crippen LogP contribution is 2.20. The van der Waals surface area contributed by atoms with E-state index in [9.17, 15) is 4.79 Å². The number of benzene rings is 1. The van der Waals surface area contributed by atoms with Crippen molar-refractivity contribution in [2.45, 2.75) is 13.0 Å². The molecule has 23 heavy (non-hydrogen) atoms. The molecule has 0 atom stereocenters. The fourth-order valence-corrected chi connectivity index (χ4v) is 2.64. The van der Waals surface area contributed by atoms with Crippen molar-refractivity contribution in [3.05, 3.63) is 52.5 Å². The van der Waals surface area contributed by atoms with E-state index < -0.39 is 0 Å². The fraction of sp³-hybridized carbons (Fsp3) is 0.188. The maximum atomic E-state index is 12.0. The number of nitrogens with one attached hydrogen (secondary N) is 1. The summed E-state index contributed by atoms with van der Waals surface area (Å²) >= 11 is 1.55. The number of aromatic nitrogens is 2. The number of ether oxygens (including phenoxy) is 1. The van der Waals surface area contributed by atoms with Crippen LogP contribution in [0.5, 0.6) is 5.75 Å². The van der Waals surface area contributed by atoms with Crippen molar-refractivity contribution in [2.75, 3.05) is 7.11 Å². The van der Waals surface area contributed by atoms with Gasteiger partial charge in [-0.25, -0.2) is 0 Å². The maximum Gasteiger partial charge on any atom is 0.248 e. The summed E-state index contributed by atoms with van der Waals surface area (Å²) in [7, 11) is 1.61.